The van der Waals surface area contributed by atoms with Gasteiger partial charge in [-0.3, -0.25) is 5.10 Å². The molecule has 0 spiro atoms. The van der Waals surface area contributed by atoms with Gasteiger partial charge in [0.05, 0.1) is 6.20 Å². The van der Waals surface area contributed by atoms with Gasteiger partial charge in [-0.2, -0.15) is 5.10 Å². The van der Waals surface area contributed by atoms with Crippen LogP contribution in [0.15, 0.2) is 35.5 Å². The lowest BCUT2D eigenvalue weighted by Gasteiger charge is -2.08. The summed E-state index contributed by atoms with van der Waals surface area (Å²) in [5.74, 6) is 0. The molecule has 0 aliphatic rings. The third-order valence-corrected chi connectivity index (χ3v) is 4.51. The highest BCUT2D eigenvalue weighted by Gasteiger charge is 2.20. The van der Waals surface area contributed by atoms with Crippen LogP contribution in [0.1, 0.15) is 23.6 Å². The monoisotopic (exact) mass is 308 g/mol. The van der Waals surface area contributed by atoms with Gasteiger partial charge in [0.25, 0.3) is 10.0 Å². The van der Waals surface area contributed by atoms with Crippen LogP contribution in [0.2, 0.25) is 0 Å². The van der Waals surface area contributed by atoms with Crippen molar-refractivity contribution in [3.63, 3.8) is 0 Å². The largest absolute Gasteiger partial charge is 0.313 e. The molecule has 2 aromatic rings. The molecule has 0 fully saturated rings. The Kier molecular flexibility index (Phi) is 5.11. The molecule has 21 heavy (non-hydrogen) atoms. The van der Waals surface area contributed by atoms with E-state index >= 15 is 0 Å². The Labute approximate surface area is 125 Å². The normalized spacial score (nSPS) is 11.7. The van der Waals surface area contributed by atoms with E-state index in [-0.39, 0.29) is 11.6 Å². The molecule has 0 bridgehead atoms. The minimum absolute atomic E-state index is 0.121. The number of hydrogen-bond acceptors (Lipinski definition) is 4. The Balaban J connectivity index is 2.08. The number of benzene rings is 1. The number of aromatic amines is 1. The van der Waals surface area contributed by atoms with Crippen molar-refractivity contribution in [3.05, 3.63) is 47.2 Å². The van der Waals surface area contributed by atoms with Crippen LogP contribution in [0, 0.1) is 6.92 Å². The molecule has 0 unspecified atom stereocenters. The van der Waals surface area contributed by atoms with Crippen molar-refractivity contribution in [1.82, 2.24) is 20.2 Å². The van der Waals surface area contributed by atoms with Gasteiger partial charge in [0.2, 0.25) is 0 Å². The number of H-pyrrole nitrogens is 1. The van der Waals surface area contributed by atoms with E-state index < -0.39 is 10.0 Å². The van der Waals surface area contributed by atoms with Gasteiger partial charge in [0.15, 0.2) is 5.03 Å². The third kappa shape index (κ3) is 4.13. The van der Waals surface area contributed by atoms with Crippen LogP contribution in [0.5, 0.6) is 0 Å². The van der Waals surface area contributed by atoms with E-state index in [9.17, 15) is 8.42 Å². The highest BCUT2D eigenvalue weighted by molar-refractivity contribution is 7.89. The summed E-state index contributed by atoms with van der Waals surface area (Å²) in [6.45, 7) is 5.44. The molecule has 114 valence electrons. The second-order valence-corrected chi connectivity index (χ2v) is 6.52. The van der Waals surface area contributed by atoms with Gasteiger partial charge in [-0.05, 0) is 19.0 Å². The predicted molar refractivity (Wildman–Crippen MR) is 81.2 cm³/mol. The first-order valence-corrected chi connectivity index (χ1v) is 8.29. The zero-order valence-electron chi connectivity index (χ0n) is 12.2. The maximum absolute atomic E-state index is 12.3. The van der Waals surface area contributed by atoms with Crippen molar-refractivity contribution >= 4 is 10.0 Å². The summed E-state index contributed by atoms with van der Waals surface area (Å²) in [5, 5.41) is 9.60. The third-order valence-electron chi connectivity index (χ3n) is 3.10. The number of nitrogens with one attached hydrogen (secondary N) is 3. The molecule has 1 heterocycles. The molecule has 0 saturated heterocycles. The Bertz CT molecular complexity index is 677. The molecule has 3 N–H and O–H groups in total. The number of hydrogen-bond donors (Lipinski definition) is 3. The van der Waals surface area contributed by atoms with Gasteiger partial charge in [0, 0.05) is 18.7 Å². The van der Waals surface area contributed by atoms with Crippen molar-refractivity contribution in [3.8, 4) is 0 Å². The lowest BCUT2D eigenvalue weighted by atomic mass is 10.2. The predicted octanol–water partition coefficient (Wildman–Crippen LogP) is 1.31. The van der Waals surface area contributed by atoms with Gasteiger partial charge < -0.3 is 5.32 Å². The van der Waals surface area contributed by atoms with Crippen molar-refractivity contribution in [2.45, 2.75) is 32.0 Å². The van der Waals surface area contributed by atoms with E-state index in [2.05, 4.69) is 20.2 Å². The Hall–Kier alpha value is -1.70. The lowest BCUT2D eigenvalue weighted by Crippen LogP contribution is -2.25. The van der Waals surface area contributed by atoms with Gasteiger partial charge >= 0.3 is 0 Å². The molecule has 1 aromatic heterocycles. The zero-order chi connectivity index (χ0) is 15.3. The minimum Gasteiger partial charge on any atom is -0.313 e. The van der Waals surface area contributed by atoms with Crippen molar-refractivity contribution in [1.29, 1.82) is 0 Å². The zero-order valence-corrected chi connectivity index (χ0v) is 13.0. The molecule has 0 aliphatic heterocycles. The molecule has 7 heteroatoms. The van der Waals surface area contributed by atoms with Crippen molar-refractivity contribution in [2.24, 2.45) is 0 Å². The average Bonchev–Trinajstić information content (AvgIpc) is 2.94. The second kappa shape index (κ2) is 6.84. The van der Waals surface area contributed by atoms with Crippen LogP contribution in [0.25, 0.3) is 0 Å². The fourth-order valence-corrected chi connectivity index (χ4v) is 3.02. The highest BCUT2D eigenvalue weighted by atomic mass is 32.2. The van der Waals surface area contributed by atoms with Gasteiger partial charge in [-0.15, -0.1) is 0 Å². The summed E-state index contributed by atoms with van der Waals surface area (Å²) >= 11 is 0. The van der Waals surface area contributed by atoms with Crippen LogP contribution < -0.4 is 10.0 Å². The summed E-state index contributed by atoms with van der Waals surface area (Å²) in [6.07, 6.45) is 1.53. The number of aryl methyl sites for hydroxylation is 1. The molecular weight excluding hydrogens is 288 g/mol. The molecule has 0 radical (unpaired) electrons. The molecule has 0 atom stereocenters. The first kappa shape index (κ1) is 15.7. The molecule has 1 aromatic carbocycles. The maximum Gasteiger partial charge on any atom is 0.258 e. The smallest absolute Gasteiger partial charge is 0.258 e. The minimum atomic E-state index is -3.59. The van der Waals surface area contributed by atoms with E-state index in [1.165, 1.54) is 6.20 Å². The SMILES string of the molecule is CCNCc1cn[nH]c1S(=O)(=O)NCc1ccc(C)cc1. The van der Waals surface area contributed by atoms with E-state index in [4.69, 9.17) is 0 Å². The van der Waals surface area contributed by atoms with Crippen molar-refractivity contribution < 1.29 is 8.42 Å². The summed E-state index contributed by atoms with van der Waals surface area (Å²) < 4.78 is 27.2. The summed E-state index contributed by atoms with van der Waals surface area (Å²) in [6, 6.07) is 7.72. The summed E-state index contributed by atoms with van der Waals surface area (Å²) in [4.78, 5) is 0. The lowest BCUT2D eigenvalue weighted by molar-refractivity contribution is 0.574. The topological polar surface area (TPSA) is 86.9 Å². The molecule has 2 rings (SSSR count). The number of nitrogens with zero attached hydrogens (tertiary/aromatic N) is 1. The average molecular weight is 308 g/mol. The molecular formula is C14H20N4O2S. The van der Waals surface area contributed by atoms with E-state index in [1.54, 1.807) is 0 Å². The highest BCUT2D eigenvalue weighted by Crippen LogP contribution is 2.12. The second-order valence-electron chi connectivity index (χ2n) is 4.81. The quantitative estimate of drug-likeness (QED) is 0.719. The number of rotatable bonds is 7. The van der Waals surface area contributed by atoms with Crippen LogP contribution in [-0.2, 0) is 23.1 Å². The van der Waals surface area contributed by atoms with Gasteiger partial charge in [0.1, 0.15) is 0 Å². The molecule has 0 aliphatic carbocycles. The van der Waals surface area contributed by atoms with E-state index in [1.807, 2.05) is 38.1 Å². The first-order chi connectivity index (χ1) is 10.0. The number of sulfonamides is 1. The maximum atomic E-state index is 12.3. The van der Waals surface area contributed by atoms with Crippen LogP contribution in [0.4, 0.5) is 0 Å². The Morgan fingerprint density at radius 2 is 1.90 bits per heavy atom. The summed E-state index contributed by atoms with van der Waals surface area (Å²) in [7, 11) is -3.59. The fraction of sp³-hybridized carbons (Fsp3) is 0.357. The van der Waals surface area contributed by atoms with E-state index in [0.29, 0.717) is 12.1 Å². The molecule has 0 amide bonds. The van der Waals surface area contributed by atoms with E-state index in [0.717, 1.165) is 17.7 Å². The van der Waals surface area contributed by atoms with Crippen molar-refractivity contribution in [2.75, 3.05) is 6.54 Å². The first-order valence-electron chi connectivity index (χ1n) is 6.81. The van der Waals surface area contributed by atoms with Gasteiger partial charge in [-0.25, -0.2) is 13.1 Å². The standard InChI is InChI=1S/C14H20N4O2S/c1-3-15-9-13-10-16-18-14(13)21(19,20)17-8-12-6-4-11(2)5-7-12/h4-7,10,15,17H,3,8-9H2,1-2H3,(H,16,18). The van der Waals surface area contributed by atoms with Crippen LogP contribution >= 0.6 is 0 Å². The Morgan fingerprint density at radius 3 is 2.57 bits per heavy atom. The fourth-order valence-electron chi connectivity index (χ4n) is 1.87. The molecule has 0 saturated carbocycles. The molecule has 6 nitrogen and oxygen atoms in total. The summed E-state index contributed by atoms with van der Waals surface area (Å²) in [5.41, 5.74) is 2.69. The Morgan fingerprint density at radius 1 is 1.19 bits per heavy atom. The van der Waals surface area contributed by atoms with Crippen LogP contribution in [-0.4, -0.2) is 25.2 Å². The van der Waals surface area contributed by atoms with Crippen LogP contribution in [0.3, 0.4) is 0 Å². The van der Waals surface area contributed by atoms with Gasteiger partial charge in [-0.1, -0.05) is 36.8 Å². The number of aromatic nitrogens is 2.